The SMILES string of the molecule is Cc1cc(C)c(C)c(C(=O)CSc2nc3ccccc3c(=O)n2C2CC2)c1C. The van der Waals surface area contributed by atoms with Crippen molar-refractivity contribution in [2.45, 2.75) is 51.7 Å². The van der Waals surface area contributed by atoms with Gasteiger partial charge in [0.2, 0.25) is 0 Å². The molecule has 28 heavy (non-hydrogen) atoms. The molecule has 1 fully saturated rings. The number of hydrogen-bond donors (Lipinski definition) is 0. The monoisotopic (exact) mass is 392 g/mol. The normalized spacial score (nSPS) is 13.9. The molecule has 0 unspecified atom stereocenters. The summed E-state index contributed by atoms with van der Waals surface area (Å²) in [5, 5.41) is 1.30. The van der Waals surface area contributed by atoms with Crippen LogP contribution in [-0.2, 0) is 0 Å². The number of aryl methyl sites for hydroxylation is 2. The highest BCUT2D eigenvalue weighted by molar-refractivity contribution is 7.99. The summed E-state index contributed by atoms with van der Waals surface area (Å²) >= 11 is 1.38. The molecule has 5 heteroatoms. The molecule has 0 amide bonds. The van der Waals surface area contributed by atoms with Crippen molar-refractivity contribution in [1.82, 2.24) is 9.55 Å². The first-order valence-corrected chi connectivity index (χ1v) is 10.6. The van der Waals surface area contributed by atoms with Crippen molar-refractivity contribution in [1.29, 1.82) is 0 Å². The molecule has 0 aliphatic heterocycles. The van der Waals surface area contributed by atoms with Gasteiger partial charge in [-0.25, -0.2) is 4.98 Å². The highest BCUT2D eigenvalue weighted by Gasteiger charge is 2.29. The van der Waals surface area contributed by atoms with Gasteiger partial charge in [0.25, 0.3) is 5.56 Å². The summed E-state index contributed by atoms with van der Waals surface area (Å²) in [7, 11) is 0. The molecule has 0 radical (unpaired) electrons. The molecule has 0 saturated heterocycles. The van der Waals surface area contributed by atoms with E-state index in [2.05, 4.69) is 6.07 Å². The average Bonchev–Trinajstić information content (AvgIpc) is 3.50. The Kier molecular flexibility index (Phi) is 4.88. The minimum atomic E-state index is 0.00168. The Morgan fingerprint density at radius 2 is 1.75 bits per heavy atom. The van der Waals surface area contributed by atoms with Crippen molar-refractivity contribution in [3.05, 3.63) is 68.5 Å². The maximum atomic E-state index is 13.1. The smallest absolute Gasteiger partial charge is 0.262 e. The maximum absolute atomic E-state index is 13.1. The number of aromatic nitrogens is 2. The van der Waals surface area contributed by atoms with Crippen LogP contribution in [0, 0.1) is 27.7 Å². The molecule has 0 atom stereocenters. The van der Waals surface area contributed by atoms with Gasteiger partial charge in [0.1, 0.15) is 0 Å². The Bertz CT molecular complexity index is 1130. The van der Waals surface area contributed by atoms with Crippen molar-refractivity contribution in [2.75, 3.05) is 5.75 Å². The third kappa shape index (κ3) is 3.28. The van der Waals surface area contributed by atoms with E-state index in [1.165, 1.54) is 11.8 Å². The average molecular weight is 393 g/mol. The highest BCUT2D eigenvalue weighted by Crippen LogP contribution is 2.37. The predicted molar refractivity (Wildman–Crippen MR) is 115 cm³/mol. The minimum Gasteiger partial charge on any atom is -0.293 e. The minimum absolute atomic E-state index is 0.00168. The zero-order valence-corrected chi connectivity index (χ0v) is 17.5. The molecule has 2 aromatic carbocycles. The van der Waals surface area contributed by atoms with Crippen LogP contribution in [0.3, 0.4) is 0 Å². The van der Waals surface area contributed by atoms with Gasteiger partial charge in [0, 0.05) is 11.6 Å². The van der Waals surface area contributed by atoms with E-state index >= 15 is 0 Å². The van der Waals surface area contributed by atoms with Gasteiger partial charge in [-0.05, 0) is 74.9 Å². The Hall–Kier alpha value is -2.40. The van der Waals surface area contributed by atoms with Crippen LogP contribution >= 0.6 is 11.8 Å². The number of hydrogen-bond acceptors (Lipinski definition) is 4. The van der Waals surface area contributed by atoms with Crippen LogP contribution in [0.2, 0.25) is 0 Å². The molecule has 1 aliphatic rings. The number of carbonyl (C=O) groups is 1. The lowest BCUT2D eigenvalue weighted by Crippen LogP contribution is -2.23. The fourth-order valence-electron chi connectivity index (χ4n) is 3.72. The number of nitrogens with zero attached hydrogens (tertiary/aromatic N) is 2. The molecule has 1 heterocycles. The number of fused-ring (bicyclic) bond motifs is 1. The maximum Gasteiger partial charge on any atom is 0.262 e. The molecule has 1 aliphatic carbocycles. The van der Waals surface area contributed by atoms with Crippen LogP contribution in [0.5, 0.6) is 0 Å². The van der Waals surface area contributed by atoms with Crippen molar-refractivity contribution >= 4 is 28.4 Å². The molecule has 3 aromatic rings. The first-order valence-electron chi connectivity index (χ1n) is 9.63. The van der Waals surface area contributed by atoms with Crippen LogP contribution in [0.25, 0.3) is 10.9 Å². The standard InChI is InChI=1S/C23H24N2O2S/c1-13-11-14(2)16(4)21(15(13)3)20(26)12-28-23-24-19-8-6-5-7-18(19)22(27)25(23)17-9-10-17/h5-8,11,17H,9-10,12H2,1-4H3. The highest BCUT2D eigenvalue weighted by atomic mass is 32.2. The number of para-hydroxylation sites is 1. The number of carbonyl (C=O) groups excluding carboxylic acids is 1. The van der Waals surface area contributed by atoms with Crippen LogP contribution in [-0.4, -0.2) is 21.1 Å². The van der Waals surface area contributed by atoms with E-state index in [1.54, 1.807) is 4.57 Å². The molecule has 4 nitrogen and oxygen atoms in total. The fraction of sp³-hybridized carbons (Fsp3) is 0.348. The van der Waals surface area contributed by atoms with Gasteiger partial charge in [0.15, 0.2) is 10.9 Å². The Morgan fingerprint density at radius 1 is 1.11 bits per heavy atom. The zero-order chi connectivity index (χ0) is 20.0. The number of rotatable bonds is 5. The van der Waals surface area contributed by atoms with Gasteiger partial charge in [-0.15, -0.1) is 0 Å². The molecule has 1 saturated carbocycles. The first kappa shape index (κ1) is 18.9. The van der Waals surface area contributed by atoms with Crippen molar-refractivity contribution in [3.63, 3.8) is 0 Å². The summed E-state index contributed by atoms with van der Waals surface area (Å²) in [4.78, 5) is 30.8. The Balaban J connectivity index is 1.69. The number of benzene rings is 2. The van der Waals surface area contributed by atoms with Gasteiger partial charge < -0.3 is 0 Å². The third-order valence-corrected chi connectivity index (χ3v) is 6.62. The third-order valence-electron chi connectivity index (χ3n) is 5.66. The van der Waals surface area contributed by atoms with E-state index in [0.717, 1.165) is 40.7 Å². The van der Waals surface area contributed by atoms with Crippen LogP contribution < -0.4 is 5.56 Å². The van der Waals surface area contributed by atoms with Gasteiger partial charge in [-0.1, -0.05) is 30.0 Å². The Morgan fingerprint density at radius 3 is 2.39 bits per heavy atom. The van der Waals surface area contributed by atoms with Crippen LogP contribution in [0.4, 0.5) is 0 Å². The van der Waals surface area contributed by atoms with Gasteiger partial charge >= 0.3 is 0 Å². The molecular weight excluding hydrogens is 368 g/mol. The van der Waals surface area contributed by atoms with Gasteiger partial charge in [-0.3, -0.25) is 14.2 Å². The number of ketones is 1. The topological polar surface area (TPSA) is 52.0 Å². The summed E-state index contributed by atoms with van der Waals surface area (Å²) in [5.41, 5.74) is 5.86. The second kappa shape index (κ2) is 7.21. The van der Waals surface area contributed by atoms with E-state index in [4.69, 9.17) is 4.98 Å². The van der Waals surface area contributed by atoms with Crippen molar-refractivity contribution < 1.29 is 4.79 Å². The summed E-state index contributed by atoms with van der Waals surface area (Å²) in [6, 6.07) is 9.78. The van der Waals surface area contributed by atoms with E-state index in [0.29, 0.717) is 16.1 Å². The molecular formula is C23H24N2O2S. The lowest BCUT2D eigenvalue weighted by Gasteiger charge is -2.15. The first-order chi connectivity index (χ1) is 13.4. The largest absolute Gasteiger partial charge is 0.293 e. The summed E-state index contributed by atoms with van der Waals surface area (Å²) in [6.45, 7) is 8.10. The second-order valence-corrected chi connectivity index (χ2v) is 8.61. The lowest BCUT2D eigenvalue weighted by molar-refractivity contribution is 0.102. The molecule has 4 rings (SSSR count). The van der Waals surface area contributed by atoms with Gasteiger partial charge in [-0.2, -0.15) is 0 Å². The van der Waals surface area contributed by atoms with Crippen molar-refractivity contribution in [2.24, 2.45) is 0 Å². The van der Waals surface area contributed by atoms with E-state index < -0.39 is 0 Å². The molecule has 144 valence electrons. The van der Waals surface area contributed by atoms with Gasteiger partial charge in [0.05, 0.1) is 16.7 Å². The van der Waals surface area contributed by atoms with Crippen molar-refractivity contribution in [3.8, 4) is 0 Å². The Labute approximate surface area is 169 Å². The van der Waals surface area contributed by atoms with E-state index in [9.17, 15) is 9.59 Å². The fourth-order valence-corrected chi connectivity index (χ4v) is 4.66. The summed E-state index contributed by atoms with van der Waals surface area (Å²) in [6.07, 6.45) is 1.99. The number of thioether (sulfide) groups is 1. The molecule has 0 bridgehead atoms. The van der Waals surface area contributed by atoms with E-state index in [1.807, 2.05) is 52.0 Å². The number of Topliss-reactive ketones (excluding diaryl/α,β-unsaturated/α-hetero) is 1. The van der Waals surface area contributed by atoms with Crippen LogP contribution in [0.1, 0.15) is 51.5 Å². The lowest BCUT2D eigenvalue weighted by atomic mass is 9.92. The quantitative estimate of drug-likeness (QED) is 0.351. The zero-order valence-electron chi connectivity index (χ0n) is 16.7. The molecule has 0 spiro atoms. The summed E-state index contributed by atoms with van der Waals surface area (Å²) in [5.74, 6) is 0.374. The van der Waals surface area contributed by atoms with E-state index in [-0.39, 0.29) is 23.1 Å². The van der Waals surface area contributed by atoms with Crippen LogP contribution in [0.15, 0.2) is 40.3 Å². The second-order valence-electron chi connectivity index (χ2n) is 7.67. The molecule has 1 aromatic heterocycles. The predicted octanol–water partition coefficient (Wildman–Crippen LogP) is 4.94. The summed E-state index contributed by atoms with van der Waals surface area (Å²) < 4.78 is 1.79. The molecule has 0 N–H and O–H groups in total.